The fourth-order valence-corrected chi connectivity index (χ4v) is 3.67. The third-order valence-electron chi connectivity index (χ3n) is 5.02. The van der Waals surface area contributed by atoms with Gasteiger partial charge >= 0.3 is 11.7 Å². The number of phenols is 1. The number of imidazole rings is 1. The summed E-state index contributed by atoms with van der Waals surface area (Å²) in [5, 5.41) is 27.5. The maximum absolute atomic E-state index is 12.6. The van der Waals surface area contributed by atoms with E-state index in [0.29, 0.717) is 22.5 Å². The molecule has 10 heteroatoms. The number of aromatic nitrogens is 2. The first-order chi connectivity index (χ1) is 15.4. The van der Waals surface area contributed by atoms with Crippen molar-refractivity contribution in [3.05, 3.63) is 81.9 Å². The van der Waals surface area contributed by atoms with Gasteiger partial charge in [0.05, 0.1) is 29.6 Å². The molecule has 1 aliphatic heterocycles. The van der Waals surface area contributed by atoms with Gasteiger partial charge in [-0.3, -0.25) is 10.1 Å². The average molecular weight is 435 g/mol. The Hall–Kier alpha value is -4.34. The van der Waals surface area contributed by atoms with E-state index >= 15 is 0 Å². The summed E-state index contributed by atoms with van der Waals surface area (Å²) in [6.07, 6.45) is 3.39. The number of nitrogens with one attached hydrogen (secondary N) is 2. The number of phenolic OH excluding ortho intramolecular Hbond substituents is 1. The highest BCUT2D eigenvalue weighted by Crippen LogP contribution is 2.43. The first-order valence-corrected chi connectivity index (χ1v) is 9.88. The van der Waals surface area contributed by atoms with E-state index in [-0.39, 0.29) is 12.4 Å². The van der Waals surface area contributed by atoms with Gasteiger partial charge in [0.2, 0.25) is 5.75 Å². The minimum Gasteiger partial charge on any atom is -0.500 e. The summed E-state index contributed by atoms with van der Waals surface area (Å²) in [7, 11) is 1.82. The van der Waals surface area contributed by atoms with Crippen LogP contribution in [0.25, 0.3) is 11.3 Å². The van der Waals surface area contributed by atoms with Gasteiger partial charge in [0.1, 0.15) is 5.69 Å². The topological polar surface area (TPSA) is 132 Å². The first kappa shape index (κ1) is 20.9. The molecule has 0 saturated heterocycles. The van der Waals surface area contributed by atoms with Gasteiger partial charge in [0.25, 0.3) is 0 Å². The van der Waals surface area contributed by atoms with Gasteiger partial charge in [-0.2, -0.15) is 0 Å². The fraction of sp³-hybridized carbons (Fsp3) is 0.182. The van der Waals surface area contributed by atoms with Crippen molar-refractivity contribution in [2.45, 2.75) is 13.0 Å². The lowest BCUT2D eigenvalue weighted by atomic mass is 9.88. The number of nitrogens with zero attached hydrogens (tertiary/aromatic N) is 3. The highest BCUT2D eigenvalue weighted by Gasteiger charge is 2.33. The fourth-order valence-electron chi connectivity index (χ4n) is 3.67. The van der Waals surface area contributed by atoms with Crippen molar-refractivity contribution >= 4 is 23.0 Å². The third kappa shape index (κ3) is 3.85. The zero-order chi connectivity index (χ0) is 22.8. The number of benzene rings is 2. The van der Waals surface area contributed by atoms with E-state index in [1.54, 1.807) is 24.0 Å². The van der Waals surface area contributed by atoms with Crippen LogP contribution in [-0.4, -0.2) is 32.2 Å². The Morgan fingerprint density at radius 1 is 1.28 bits per heavy atom. The molecular formula is C22H21N5O5. The minimum absolute atomic E-state index is 0.0312. The zero-order valence-corrected chi connectivity index (χ0v) is 17.4. The van der Waals surface area contributed by atoms with Crippen LogP contribution in [0.4, 0.5) is 10.5 Å². The molecule has 0 bridgehead atoms. The number of carbonyl (C=O) groups excluding carboxylic acids is 1. The number of carbonyl (C=O) groups is 1. The number of nitro benzene ring substituents is 1. The van der Waals surface area contributed by atoms with Crippen LogP contribution in [0.15, 0.2) is 55.0 Å². The van der Waals surface area contributed by atoms with Crippen LogP contribution in [0.1, 0.15) is 29.8 Å². The van der Waals surface area contributed by atoms with Gasteiger partial charge in [-0.25, -0.2) is 9.78 Å². The van der Waals surface area contributed by atoms with Crippen LogP contribution in [-0.2, 0) is 7.05 Å². The largest absolute Gasteiger partial charge is 0.500 e. The van der Waals surface area contributed by atoms with Crippen molar-refractivity contribution in [1.29, 1.82) is 0 Å². The standard InChI is InChI=1S/C22H21N5O5/c1-3-32-17-10-14(9-16(21(17)28)27(30)31)19-18(13-7-5-4-6-8-13)20(25-22(29)24-19)15-11-26(2)12-23-15/h4-12,19,28H,3H2,1-2H3,(H2,24,25,29). The van der Waals surface area contributed by atoms with Gasteiger partial charge in [0.15, 0.2) is 5.75 Å². The molecule has 1 unspecified atom stereocenters. The Morgan fingerprint density at radius 3 is 2.66 bits per heavy atom. The number of hydrogen-bond donors (Lipinski definition) is 3. The SMILES string of the molecule is CCOc1cc(C2NC(=O)NC(c3cn(C)cn3)=C2c2ccccc2)cc([N+](=O)[O-])c1O. The summed E-state index contributed by atoms with van der Waals surface area (Å²) < 4.78 is 7.18. The summed E-state index contributed by atoms with van der Waals surface area (Å²) >= 11 is 0. The maximum Gasteiger partial charge on any atom is 0.320 e. The normalized spacial score (nSPS) is 15.8. The molecule has 0 spiro atoms. The van der Waals surface area contributed by atoms with Crippen LogP contribution in [0, 0.1) is 10.1 Å². The molecule has 1 aromatic heterocycles. The van der Waals surface area contributed by atoms with Crippen LogP contribution in [0.3, 0.4) is 0 Å². The predicted octanol–water partition coefficient (Wildman–Crippen LogP) is 3.36. The number of nitro groups is 1. The van der Waals surface area contributed by atoms with Gasteiger partial charge in [-0.1, -0.05) is 30.3 Å². The monoisotopic (exact) mass is 435 g/mol. The van der Waals surface area contributed by atoms with Gasteiger partial charge < -0.3 is 25.0 Å². The van der Waals surface area contributed by atoms with Gasteiger partial charge in [0, 0.05) is 24.9 Å². The van der Waals surface area contributed by atoms with E-state index in [1.165, 1.54) is 12.1 Å². The molecule has 1 atom stereocenters. The van der Waals surface area contributed by atoms with Crippen LogP contribution in [0.2, 0.25) is 0 Å². The molecule has 0 saturated carbocycles. The van der Waals surface area contributed by atoms with E-state index in [1.807, 2.05) is 37.4 Å². The second-order valence-corrected chi connectivity index (χ2v) is 7.19. The number of hydrogen-bond acceptors (Lipinski definition) is 6. The lowest BCUT2D eigenvalue weighted by molar-refractivity contribution is -0.386. The van der Waals surface area contributed by atoms with Crippen molar-refractivity contribution in [2.24, 2.45) is 7.05 Å². The molecule has 3 N–H and O–H groups in total. The van der Waals surface area contributed by atoms with Crippen LogP contribution >= 0.6 is 0 Å². The number of ether oxygens (including phenoxy) is 1. The number of amides is 2. The molecule has 2 amide bonds. The van der Waals surface area contributed by atoms with Crippen molar-refractivity contribution < 1.29 is 19.6 Å². The Morgan fingerprint density at radius 2 is 2.03 bits per heavy atom. The van der Waals surface area contributed by atoms with E-state index in [9.17, 15) is 20.0 Å². The molecule has 164 valence electrons. The molecule has 2 heterocycles. The summed E-state index contributed by atoms with van der Waals surface area (Å²) in [5.74, 6) is -0.590. The first-order valence-electron chi connectivity index (χ1n) is 9.88. The molecule has 3 aromatic rings. The lowest BCUT2D eigenvalue weighted by Crippen LogP contribution is -2.43. The Bertz CT molecular complexity index is 1220. The summed E-state index contributed by atoms with van der Waals surface area (Å²) in [4.78, 5) is 27.9. The van der Waals surface area contributed by atoms with Gasteiger partial charge in [-0.05, 0) is 24.1 Å². The van der Waals surface area contributed by atoms with Crippen molar-refractivity contribution in [2.75, 3.05) is 6.61 Å². The van der Waals surface area contributed by atoms with Crippen molar-refractivity contribution in [1.82, 2.24) is 20.2 Å². The van der Waals surface area contributed by atoms with E-state index in [4.69, 9.17) is 4.74 Å². The number of rotatable bonds is 6. The Kier molecular flexibility index (Phi) is 5.50. The molecule has 1 aliphatic rings. The summed E-state index contributed by atoms with van der Waals surface area (Å²) in [5.41, 5.74) is 2.38. The summed E-state index contributed by atoms with van der Waals surface area (Å²) in [6, 6.07) is 10.8. The number of aromatic hydroxyl groups is 1. The van der Waals surface area contributed by atoms with E-state index in [0.717, 1.165) is 5.56 Å². The Labute approximate surface area is 183 Å². The molecule has 0 aliphatic carbocycles. The molecule has 10 nitrogen and oxygen atoms in total. The Balaban J connectivity index is 1.98. The molecule has 4 rings (SSSR count). The van der Waals surface area contributed by atoms with Gasteiger partial charge in [-0.15, -0.1) is 0 Å². The molecule has 2 aromatic carbocycles. The number of urea groups is 1. The molecular weight excluding hydrogens is 414 g/mol. The second-order valence-electron chi connectivity index (χ2n) is 7.19. The quantitative estimate of drug-likeness (QED) is 0.402. The van der Waals surface area contributed by atoms with Crippen LogP contribution < -0.4 is 15.4 Å². The highest BCUT2D eigenvalue weighted by molar-refractivity contribution is 6.02. The van der Waals surface area contributed by atoms with Crippen LogP contribution in [0.5, 0.6) is 11.5 Å². The predicted molar refractivity (Wildman–Crippen MR) is 117 cm³/mol. The second kappa shape index (κ2) is 8.42. The molecule has 0 radical (unpaired) electrons. The van der Waals surface area contributed by atoms with E-state index in [2.05, 4.69) is 15.6 Å². The third-order valence-corrected chi connectivity index (χ3v) is 5.02. The van der Waals surface area contributed by atoms with E-state index < -0.39 is 28.4 Å². The smallest absolute Gasteiger partial charge is 0.320 e. The van der Waals surface area contributed by atoms with Crippen molar-refractivity contribution in [3.8, 4) is 11.5 Å². The zero-order valence-electron chi connectivity index (χ0n) is 17.4. The number of aryl methyl sites for hydroxylation is 1. The lowest BCUT2D eigenvalue weighted by Gasteiger charge is -2.30. The summed E-state index contributed by atoms with van der Waals surface area (Å²) in [6.45, 7) is 1.91. The average Bonchev–Trinajstić information content (AvgIpc) is 3.21. The minimum atomic E-state index is -0.762. The van der Waals surface area contributed by atoms with Crippen molar-refractivity contribution in [3.63, 3.8) is 0 Å². The highest BCUT2D eigenvalue weighted by atomic mass is 16.6. The maximum atomic E-state index is 12.6. The molecule has 0 fully saturated rings. The molecule has 32 heavy (non-hydrogen) atoms.